The van der Waals surface area contributed by atoms with Crippen LogP contribution >= 0.6 is 0 Å². The molecule has 0 bridgehead atoms. The van der Waals surface area contributed by atoms with Gasteiger partial charge in [-0.25, -0.2) is 0 Å². The first-order valence-electron chi connectivity index (χ1n) is 7.88. The van der Waals surface area contributed by atoms with Gasteiger partial charge in [0.2, 0.25) is 5.91 Å². The van der Waals surface area contributed by atoms with Crippen LogP contribution in [0.2, 0.25) is 0 Å². The van der Waals surface area contributed by atoms with E-state index in [0.29, 0.717) is 33.4 Å². The summed E-state index contributed by atoms with van der Waals surface area (Å²) in [5.74, 6) is -0.153. The Morgan fingerprint density at radius 1 is 1.27 bits per heavy atom. The zero-order chi connectivity index (χ0) is 19.2. The van der Waals surface area contributed by atoms with Crippen molar-refractivity contribution in [2.24, 2.45) is 0 Å². The van der Waals surface area contributed by atoms with Gasteiger partial charge in [-0.3, -0.25) is 14.6 Å². The van der Waals surface area contributed by atoms with E-state index >= 15 is 0 Å². The maximum absolute atomic E-state index is 13.3. The summed E-state index contributed by atoms with van der Waals surface area (Å²) in [4.78, 5) is 13.4. The molecule has 0 saturated heterocycles. The minimum Gasteiger partial charge on any atom is -0.347 e. The van der Waals surface area contributed by atoms with Gasteiger partial charge in [-0.15, -0.1) is 0 Å². The molecule has 3 rings (SSSR count). The largest absolute Gasteiger partial charge is 0.416 e. The number of nitrogens with zero attached hydrogens (tertiary/aromatic N) is 4. The number of carbonyl (C=O) groups excluding carboxylic acids is 1. The van der Waals surface area contributed by atoms with Crippen LogP contribution in [0.25, 0.3) is 22.0 Å². The minimum absolute atomic E-state index is 0.0210. The molecule has 26 heavy (non-hydrogen) atoms. The zero-order valence-corrected chi connectivity index (χ0v) is 14.8. The highest BCUT2D eigenvalue weighted by Gasteiger charge is 2.32. The normalized spacial score (nSPS) is 12.0. The van der Waals surface area contributed by atoms with E-state index in [9.17, 15) is 18.0 Å². The number of nitrogens with one attached hydrogen (secondary N) is 1. The fourth-order valence-corrected chi connectivity index (χ4v) is 2.93. The van der Waals surface area contributed by atoms with E-state index in [2.05, 4.69) is 15.3 Å². The number of likely N-dealkylation sites (N-methyl/N-ethyl adjacent to an activating group) is 1. The number of fused-ring (bicyclic) bond motifs is 1. The third-order valence-electron chi connectivity index (χ3n) is 4.32. The van der Waals surface area contributed by atoms with Crippen LogP contribution in [0.1, 0.15) is 17.0 Å². The summed E-state index contributed by atoms with van der Waals surface area (Å²) in [5.41, 5.74) is 1.68. The number of hydrogen-bond donors (Lipinski definition) is 1. The number of H-pyrrole nitrogens is 1. The molecule has 6 nitrogen and oxygen atoms in total. The van der Waals surface area contributed by atoms with E-state index in [4.69, 9.17) is 0 Å². The maximum atomic E-state index is 13.3. The molecule has 0 atom stereocenters. The van der Waals surface area contributed by atoms with Crippen molar-refractivity contribution in [3.63, 3.8) is 0 Å². The lowest BCUT2D eigenvalue weighted by Gasteiger charge is -2.12. The highest BCUT2D eigenvalue weighted by Crippen LogP contribution is 2.38. The summed E-state index contributed by atoms with van der Waals surface area (Å²) in [6.45, 7) is 3.47. The topological polar surface area (TPSA) is 66.8 Å². The summed E-state index contributed by atoms with van der Waals surface area (Å²) in [7, 11) is 3.27. The van der Waals surface area contributed by atoms with Gasteiger partial charge < -0.3 is 4.90 Å². The van der Waals surface area contributed by atoms with Crippen LogP contribution in [0.15, 0.2) is 18.3 Å². The molecular formula is C17H18F3N5O. The van der Waals surface area contributed by atoms with Crippen molar-refractivity contribution in [2.45, 2.75) is 26.6 Å². The van der Waals surface area contributed by atoms with Crippen LogP contribution in [-0.2, 0) is 17.5 Å². The van der Waals surface area contributed by atoms with E-state index in [0.717, 1.165) is 12.1 Å². The average Bonchev–Trinajstić information content (AvgIpc) is 3.11. The Morgan fingerprint density at radius 2 is 1.96 bits per heavy atom. The quantitative estimate of drug-likeness (QED) is 0.775. The van der Waals surface area contributed by atoms with Crippen LogP contribution in [0.3, 0.4) is 0 Å². The lowest BCUT2D eigenvalue weighted by Crippen LogP contribution is -2.27. The number of halogens is 3. The molecule has 0 spiro atoms. The van der Waals surface area contributed by atoms with Gasteiger partial charge >= 0.3 is 6.18 Å². The molecule has 1 aromatic carbocycles. The Bertz CT molecular complexity index is 984. The smallest absolute Gasteiger partial charge is 0.347 e. The molecule has 1 N–H and O–H groups in total. The summed E-state index contributed by atoms with van der Waals surface area (Å²) in [5, 5.41) is 11.4. The maximum Gasteiger partial charge on any atom is 0.416 e. The van der Waals surface area contributed by atoms with Crippen molar-refractivity contribution in [1.29, 1.82) is 0 Å². The number of aromatic amines is 1. The monoisotopic (exact) mass is 365 g/mol. The second kappa shape index (κ2) is 6.15. The molecule has 0 unspecified atom stereocenters. The number of aromatic nitrogens is 4. The lowest BCUT2D eigenvalue weighted by molar-refractivity contribution is -0.137. The lowest BCUT2D eigenvalue weighted by atomic mass is 9.97. The van der Waals surface area contributed by atoms with Crippen molar-refractivity contribution in [3.8, 4) is 11.1 Å². The summed E-state index contributed by atoms with van der Waals surface area (Å²) >= 11 is 0. The highest BCUT2D eigenvalue weighted by molar-refractivity contribution is 5.96. The van der Waals surface area contributed by atoms with Crippen molar-refractivity contribution in [3.05, 3.63) is 35.3 Å². The number of hydrogen-bond acceptors (Lipinski definition) is 3. The van der Waals surface area contributed by atoms with Gasteiger partial charge in [0.15, 0.2) is 0 Å². The summed E-state index contributed by atoms with van der Waals surface area (Å²) in [6, 6.07) is 2.14. The molecule has 3 aromatic rings. The standard InChI is InChI=1S/C17H18F3N5O/c1-9-16(10(2)25(23-9)8-15(26)24(3)4)12-5-11(17(18,19)20)6-14-13(12)7-21-22-14/h5-7H,8H2,1-4H3,(H,21,22). The third-order valence-corrected chi connectivity index (χ3v) is 4.32. The molecule has 0 radical (unpaired) electrons. The predicted molar refractivity (Wildman–Crippen MR) is 90.5 cm³/mol. The number of benzene rings is 1. The molecular weight excluding hydrogens is 347 g/mol. The predicted octanol–water partition coefficient (Wildman–Crippen LogP) is 3.15. The van der Waals surface area contributed by atoms with Crippen molar-refractivity contribution >= 4 is 16.8 Å². The molecule has 0 aliphatic carbocycles. The number of alkyl halides is 3. The van der Waals surface area contributed by atoms with E-state index < -0.39 is 11.7 Å². The van der Waals surface area contributed by atoms with Gasteiger partial charge in [0.25, 0.3) is 0 Å². The highest BCUT2D eigenvalue weighted by atomic mass is 19.4. The Morgan fingerprint density at radius 3 is 2.58 bits per heavy atom. The molecule has 0 fully saturated rings. The van der Waals surface area contributed by atoms with Crippen LogP contribution in [0, 0.1) is 13.8 Å². The van der Waals surface area contributed by atoms with Crippen LogP contribution in [0.5, 0.6) is 0 Å². The molecule has 138 valence electrons. The molecule has 0 aliphatic rings. The van der Waals surface area contributed by atoms with Gasteiger partial charge in [-0.2, -0.15) is 23.4 Å². The Hall–Kier alpha value is -2.84. The molecule has 1 amide bonds. The van der Waals surface area contributed by atoms with Crippen LogP contribution in [0.4, 0.5) is 13.2 Å². The number of aryl methyl sites for hydroxylation is 1. The zero-order valence-electron chi connectivity index (χ0n) is 14.8. The third kappa shape index (κ3) is 3.04. The number of rotatable bonds is 3. The molecule has 9 heteroatoms. The molecule has 0 aliphatic heterocycles. The van der Waals surface area contributed by atoms with Crippen LogP contribution < -0.4 is 0 Å². The molecule has 2 heterocycles. The van der Waals surface area contributed by atoms with Crippen molar-refractivity contribution < 1.29 is 18.0 Å². The van der Waals surface area contributed by atoms with Gasteiger partial charge in [0, 0.05) is 30.7 Å². The second-order valence-electron chi connectivity index (χ2n) is 6.34. The SMILES string of the molecule is Cc1nn(CC(=O)N(C)C)c(C)c1-c1cc(C(F)(F)F)cc2[nH]ncc12. The Kier molecular flexibility index (Phi) is 4.25. The number of carbonyl (C=O) groups is 1. The summed E-state index contributed by atoms with van der Waals surface area (Å²) < 4.78 is 41.4. The van der Waals surface area contributed by atoms with Gasteiger partial charge in [0.1, 0.15) is 6.54 Å². The minimum atomic E-state index is -4.48. The first-order valence-corrected chi connectivity index (χ1v) is 7.88. The summed E-state index contributed by atoms with van der Waals surface area (Å²) in [6.07, 6.45) is -2.99. The van der Waals surface area contributed by atoms with E-state index in [1.807, 2.05) is 0 Å². The molecule has 2 aromatic heterocycles. The Labute approximate surface area is 147 Å². The Balaban J connectivity index is 2.19. The van der Waals surface area contributed by atoms with Crippen molar-refractivity contribution in [2.75, 3.05) is 14.1 Å². The van der Waals surface area contributed by atoms with Crippen molar-refractivity contribution in [1.82, 2.24) is 24.9 Å². The average molecular weight is 365 g/mol. The van der Waals surface area contributed by atoms with E-state index in [1.165, 1.54) is 15.8 Å². The van der Waals surface area contributed by atoms with E-state index in [-0.39, 0.29) is 12.5 Å². The van der Waals surface area contributed by atoms with Gasteiger partial charge in [0.05, 0.1) is 23.0 Å². The second-order valence-corrected chi connectivity index (χ2v) is 6.34. The van der Waals surface area contributed by atoms with Gasteiger partial charge in [-0.1, -0.05) is 0 Å². The molecule has 0 saturated carbocycles. The fraction of sp³-hybridized carbons (Fsp3) is 0.353. The number of amides is 1. The van der Waals surface area contributed by atoms with Crippen LogP contribution in [-0.4, -0.2) is 44.9 Å². The van der Waals surface area contributed by atoms with Gasteiger partial charge in [-0.05, 0) is 31.5 Å². The van der Waals surface area contributed by atoms with E-state index in [1.54, 1.807) is 27.9 Å². The first-order chi connectivity index (χ1) is 12.1. The first kappa shape index (κ1) is 18.0. The fourth-order valence-electron chi connectivity index (χ4n) is 2.93.